The van der Waals surface area contributed by atoms with Crippen molar-refractivity contribution < 1.29 is 16.8 Å². The molecule has 23 heavy (non-hydrogen) atoms. The Balaban J connectivity index is 5.63. The van der Waals surface area contributed by atoms with Crippen LogP contribution in [0.4, 0.5) is 0 Å². The van der Waals surface area contributed by atoms with Crippen molar-refractivity contribution in [3.8, 4) is 0 Å². The van der Waals surface area contributed by atoms with Gasteiger partial charge >= 0.3 is 8.80 Å². The van der Waals surface area contributed by atoms with Crippen LogP contribution in [-0.4, -0.2) is 49.2 Å². The summed E-state index contributed by atoms with van der Waals surface area (Å²) in [5.41, 5.74) is 0. The van der Waals surface area contributed by atoms with Gasteiger partial charge in [0.05, 0.1) is 0 Å². The first-order valence-electron chi connectivity index (χ1n) is 8.54. The number of hydrogen-bond acceptors (Lipinski definition) is 4. The highest BCUT2D eigenvalue weighted by Crippen LogP contribution is 2.32. The Morgan fingerprint density at radius 2 is 0.826 bits per heavy atom. The van der Waals surface area contributed by atoms with E-state index in [1.807, 2.05) is 7.11 Å². The average molecular weight is 413 g/mol. The second-order valence-electron chi connectivity index (χ2n) is 9.79. The molecular weight excluding hydrogens is 373 g/mol. The minimum Gasteiger partial charge on any atom is -0.420 e. The standard InChI is InChI=1S/C14H40O4Si5/c1-15-22(11,12)13-14-23(16-19(2,3)4,17-20(5,6)7)18-21(8,9)10/h13-14H2,1-12H3. The Bertz CT molecular complexity index is 328. The molecule has 0 spiro atoms. The molecule has 0 aliphatic rings. The summed E-state index contributed by atoms with van der Waals surface area (Å²) in [6.45, 7) is 24.6. The van der Waals surface area contributed by atoms with Gasteiger partial charge in [-0.05, 0) is 78.1 Å². The van der Waals surface area contributed by atoms with Crippen molar-refractivity contribution >= 4 is 42.1 Å². The third-order valence-electron chi connectivity index (χ3n) is 2.97. The van der Waals surface area contributed by atoms with Crippen molar-refractivity contribution in [3.05, 3.63) is 0 Å². The second-order valence-corrected chi connectivity index (χ2v) is 31.2. The van der Waals surface area contributed by atoms with Crippen LogP contribution in [0.3, 0.4) is 0 Å². The SMILES string of the molecule is CO[Si](C)(C)CC[Si](O[Si](C)(C)C)(O[Si](C)(C)C)O[Si](C)(C)C. The molecular formula is C14H40O4Si5. The first kappa shape index (κ1) is 23.9. The lowest BCUT2D eigenvalue weighted by Gasteiger charge is -2.43. The molecule has 9 heteroatoms. The van der Waals surface area contributed by atoms with Gasteiger partial charge < -0.3 is 16.8 Å². The zero-order valence-electron chi connectivity index (χ0n) is 17.5. The monoisotopic (exact) mass is 412 g/mol. The highest BCUT2D eigenvalue weighted by Gasteiger charge is 2.50. The predicted molar refractivity (Wildman–Crippen MR) is 113 cm³/mol. The van der Waals surface area contributed by atoms with Crippen LogP contribution in [0.5, 0.6) is 0 Å². The number of hydrogen-bond donors (Lipinski definition) is 0. The van der Waals surface area contributed by atoms with E-state index >= 15 is 0 Å². The van der Waals surface area contributed by atoms with Crippen molar-refractivity contribution in [2.24, 2.45) is 0 Å². The molecule has 0 aliphatic heterocycles. The summed E-state index contributed by atoms with van der Waals surface area (Å²) < 4.78 is 25.8. The Kier molecular flexibility index (Phi) is 8.41. The summed E-state index contributed by atoms with van der Waals surface area (Å²) in [4.78, 5) is 0. The fourth-order valence-corrected chi connectivity index (χ4v) is 20.1. The maximum absolute atomic E-state index is 6.69. The zero-order valence-corrected chi connectivity index (χ0v) is 22.5. The Hall–Kier alpha value is 0.924. The molecule has 0 radical (unpaired) electrons. The Morgan fingerprint density at radius 3 is 1.04 bits per heavy atom. The van der Waals surface area contributed by atoms with E-state index < -0.39 is 42.1 Å². The molecule has 140 valence electrons. The third-order valence-corrected chi connectivity index (χ3v) is 18.0. The summed E-state index contributed by atoms with van der Waals surface area (Å²) in [5, 5.41) is 0. The lowest BCUT2D eigenvalue weighted by atomic mass is 10.9. The van der Waals surface area contributed by atoms with E-state index in [2.05, 4.69) is 72.0 Å². The van der Waals surface area contributed by atoms with Crippen molar-refractivity contribution in [1.29, 1.82) is 0 Å². The summed E-state index contributed by atoms with van der Waals surface area (Å²) in [5.74, 6) is 0. The summed E-state index contributed by atoms with van der Waals surface area (Å²) in [6, 6.07) is 1.91. The van der Waals surface area contributed by atoms with Gasteiger partial charge in [-0.25, -0.2) is 0 Å². The molecule has 4 nitrogen and oxygen atoms in total. The first-order chi connectivity index (χ1) is 9.89. The molecule has 0 fully saturated rings. The summed E-state index contributed by atoms with van der Waals surface area (Å²) >= 11 is 0. The molecule has 0 rings (SSSR count). The molecule has 0 saturated heterocycles. The molecule has 0 aromatic carbocycles. The average Bonchev–Trinajstić information content (AvgIpc) is 2.19. The minimum atomic E-state index is -2.69. The van der Waals surface area contributed by atoms with Gasteiger partial charge in [-0.1, -0.05) is 0 Å². The van der Waals surface area contributed by atoms with Crippen LogP contribution in [0.2, 0.25) is 84.1 Å². The van der Waals surface area contributed by atoms with E-state index in [0.717, 1.165) is 12.1 Å². The molecule has 0 N–H and O–H groups in total. The largest absolute Gasteiger partial charge is 0.469 e. The Labute approximate surface area is 150 Å². The molecule has 0 atom stereocenters. The van der Waals surface area contributed by atoms with Gasteiger partial charge in [0.2, 0.25) is 0 Å². The van der Waals surface area contributed by atoms with E-state index in [1.165, 1.54) is 0 Å². The van der Waals surface area contributed by atoms with Gasteiger partial charge in [-0.3, -0.25) is 0 Å². The highest BCUT2D eigenvalue weighted by atomic mass is 28.5. The molecule has 0 aromatic rings. The van der Waals surface area contributed by atoms with Crippen LogP contribution < -0.4 is 0 Å². The van der Waals surface area contributed by atoms with Crippen molar-refractivity contribution in [2.45, 2.75) is 84.1 Å². The van der Waals surface area contributed by atoms with Crippen molar-refractivity contribution in [1.82, 2.24) is 0 Å². The van der Waals surface area contributed by atoms with Gasteiger partial charge in [0.1, 0.15) is 0 Å². The zero-order chi connectivity index (χ0) is 18.7. The van der Waals surface area contributed by atoms with Gasteiger partial charge in [0, 0.05) is 13.2 Å². The lowest BCUT2D eigenvalue weighted by Crippen LogP contribution is -2.60. The molecule has 0 aromatic heterocycles. The first-order valence-corrected chi connectivity index (χ1v) is 23.8. The Morgan fingerprint density at radius 1 is 0.522 bits per heavy atom. The topological polar surface area (TPSA) is 36.9 Å². The lowest BCUT2D eigenvalue weighted by molar-refractivity contribution is 0.252. The van der Waals surface area contributed by atoms with Crippen molar-refractivity contribution in [3.63, 3.8) is 0 Å². The molecule has 0 saturated carbocycles. The summed E-state index contributed by atoms with van der Waals surface area (Å²) in [6.07, 6.45) is 0. The molecule has 0 unspecified atom stereocenters. The highest BCUT2D eigenvalue weighted by molar-refractivity contribution is 6.90. The molecule has 0 aliphatic carbocycles. The molecule has 0 amide bonds. The normalized spacial score (nSPS) is 15.1. The fourth-order valence-electron chi connectivity index (χ4n) is 2.17. The van der Waals surface area contributed by atoms with Gasteiger partial charge in [0.15, 0.2) is 33.3 Å². The van der Waals surface area contributed by atoms with Crippen LogP contribution in [0.1, 0.15) is 0 Å². The van der Waals surface area contributed by atoms with E-state index in [9.17, 15) is 0 Å². The van der Waals surface area contributed by atoms with Gasteiger partial charge in [-0.2, -0.15) is 0 Å². The van der Waals surface area contributed by atoms with Gasteiger partial charge in [0.25, 0.3) is 0 Å². The van der Waals surface area contributed by atoms with Crippen LogP contribution in [0.25, 0.3) is 0 Å². The van der Waals surface area contributed by atoms with Crippen LogP contribution >= 0.6 is 0 Å². The van der Waals surface area contributed by atoms with E-state index in [0.29, 0.717) is 0 Å². The summed E-state index contributed by atoms with van der Waals surface area (Å²) in [7, 11) is -7.84. The van der Waals surface area contributed by atoms with Crippen LogP contribution in [-0.2, 0) is 16.8 Å². The molecule has 0 heterocycles. The van der Waals surface area contributed by atoms with Gasteiger partial charge in [-0.15, -0.1) is 0 Å². The van der Waals surface area contributed by atoms with Crippen LogP contribution in [0, 0.1) is 0 Å². The van der Waals surface area contributed by atoms with Crippen molar-refractivity contribution in [2.75, 3.05) is 7.11 Å². The number of rotatable bonds is 10. The van der Waals surface area contributed by atoms with E-state index in [4.69, 9.17) is 16.8 Å². The van der Waals surface area contributed by atoms with E-state index in [-0.39, 0.29) is 0 Å². The second kappa shape index (κ2) is 8.08. The maximum atomic E-state index is 6.69. The van der Waals surface area contributed by atoms with Crippen LogP contribution in [0.15, 0.2) is 0 Å². The van der Waals surface area contributed by atoms with E-state index in [1.54, 1.807) is 0 Å². The third kappa shape index (κ3) is 12.0. The maximum Gasteiger partial charge on any atom is 0.469 e. The minimum absolute atomic E-state index is 0.888. The fraction of sp³-hybridized carbons (Fsp3) is 1.00. The predicted octanol–water partition coefficient (Wildman–Crippen LogP) is 5.33. The smallest absolute Gasteiger partial charge is 0.420 e. The molecule has 0 bridgehead atoms. The quantitative estimate of drug-likeness (QED) is 0.454.